The summed E-state index contributed by atoms with van der Waals surface area (Å²) in [5, 5.41) is 5.89. The molecule has 102 valence electrons. The van der Waals surface area contributed by atoms with Crippen molar-refractivity contribution in [3.63, 3.8) is 0 Å². The first kappa shape index (κ1) is 13.9. The van der Waals surface area contributed by atoms with E-state index in [2.05, 4.69) is 68.6 Å². The molecule has 0 saturated heterocycles. The molecule has 2 heteroatoms. The Kier molecular flexibility index (Phi) is 4.80. The Hall–Kier alpha value is -1.54. The Morgan fingerprint density at radius 2 is 1.79 bits per heavy atom. The van der Waals surface area contributed by atoms with E-state index in [1.807, 2.05) is 0 Å². The lowest BCUT2D eigenvalue weighted by atomic mass is 10.1. The number of rotatable bonds is 6. The maximum absolute atomic E-state index is 6.00. The van der Waals surface area contributed by atoms with Crippen LogP contribution in [0.3, 0.4) is 0 Å². The Morgan fingerprint density at radius 3 is 2.53 bits per heavy atom. The minimum Gasteiger partial charge on any atom is -0.491 e. The lowest BCUT2D eigenvalue weighted by Gasteiger charge is -2.19. The van der Waals surface area contributed by atoms with Gasteiger partial charge in [0, 0.05) is 6.04 Å². The number of ether oxygens (including phenoxy) is 1. The molecule has 0 fully saturated rings. The van der Waals surface area contributed by atoms with Crippen molar-refractivity contribution in [2.75, 3.05) is 6.54 Å². The minimum atomic E-state index is 0.218. The van der Waals surface area contributed by atoms with Crippen LogP contribution in [0.25, 0.3) is 10.8 Å². The molecule has 0 aromatic heterocycles. The topological polar surface area (TPSA) is 21.3 Å². The van der Waals surface area contributed by atoms with Crippen LogP contribution in [0.4, 0.5) is 0 Å². The Labute approximate surface area is 115 Å². The molecule has 1 N–H and O–H groups in total. The zero-order valence-corrected chi connectivity index (χ0v) is 12.0. The van der Waals surface area contributed by atoms with Crippen LogP contribution in [0.1, 0.15) is 27.2 Å². The van der Waals surface area contributed by atoms with Gasteiger partial charge in [-0.05, 0) is 49.7 Å². The second-order valence-corrected chi connectivity index (χ2v) is 5.13. The summed E-state index contributed by atoms with van der Waals surface area (Å²) in [6, 6.07) is 15.1. The summed E-state index contributed by atoms with van der Waals surface area (Å²) >= 11 is 0. The highest BCUT2D eigenvalue weighted by Crippen LogP contribution is 2.22. The predicted octanol–water partition coefficient (Wildman–Crippen LogP) is 4.00. The van der Waals surface area contributed by atoms with Crippen LogP contribution in [0.15, 0.2) is 42.5 Å². The Balaban J connectivity index is 2.00. The monoisotopic (exact) mass is 257 g/mol. The van der Waals surface area contributed by atoms with Crippen LogP contribution in [-0.2, 0) is 0 Å². The molecular weight excluding hydrogens is 234 g/mol. The van der Waals surface area contributed by atoms with Gasteiger partial charge in [-0.1, -0.05) is 37.3 Å². The van der Waals surface area contributed by atoms with Gasteiger partial charge in [0.1, 0.15) is 5.75 Å². The van der Waals surface area contributed by atoms with E-state index in [9.17, 15) is 0 Å². The molecule has 2 nitrogen and oxygen atoms in total. The Bertz CT molecular complexity index is 523. The highest BCUT2D eigenvalue weighted by atomic mass is 16.5. The van der Waals surface area contributed by atoms with Gasteiger partial charge in [0.25, 0.3) is 0 Å². The fraction of sp³-hybridized carbons (Fsp3) is 0.412. The first-order chi connectivity index (χ1) is 9.19. The van der Waals surface area contributed by atoms with Crippen molar-refractivity contribution in [2.45, 2.75) is 39.3 Å². The van der Waals surface area contributed by atoms with Gasteiger partial charge in [-0.25, -0.2) is 0 Å². The van der Waals surface area contributed by atoms with Crippen molar-refractivity contribution in [2.24, 2.45) is 0 Å². The predicted molar refractivity (Wildman–Crippen MR) is 81.8 cm³/mol. The van der Waals surface area contributed by atoms with Gasteiger partial charge in [0.05, 0.1) is 6.10 Å². The number of hydrogen-bond donors (Lipinski definition) is 1. The number of fused-ring (bicyclic) bond motifs is 1. The fourth-order valence-corrected chi connectivity index (χ4v) is 2.45. The second-order valence-electron chi connectivity index (χ2n) is 5.13. The lowest BCUT2D eigenvalue weighted by Crippen LogP contribution is -2.30. The quantitative estimate of drug-likeness (QED) is 0.844. The van der Waals surface area contributed by atoms with E-state index in [-0.39, 0.29) is 6.10 Å². The second kappa shape index (κ2) is 6.58. The van der Waals surface area contributed by atoms with Crippen molar-refractivity contribution in [3.8, 4) is 5.75 Å². The van der Waals surface area contributed by atoms with Crippen LogP contribution < -0.4 is 10.1 Å². The molecule has 0 aliphatic rings. The van der Waals surface area contributed by atoms with Crippen molar-refractivity contribution in [1.29, 1.82) is 0 Å². The maximum atomic E-state index is 6.00. The van der Waals surface area contributed by atoms with E-state index in [0.717, 1.165) is 18.7 Å². The number of benzene rings is 2. The minimum absolute atomic E-state index is 0.218. The van der Waals surface area contributed by atoms with Crippen LogP contribution in [0.2, 0.25) is 0 Å². The molecule has 0 heterocycles. The molecule has 0 aliphatic carbocycles. The summed E-state index contributed by atoms with van der Waals surface area (Å²) in [5.41, 5.74) is 0. The number of nitrogens with one attached hydrogen (secondary N) is 1. The van der Waals surface area contributed by atoms with E-state index in [0.29, 0.717) is 6.04 Å². The third-order valence-electron chi connectivity index (χ3n) is 3.30. The molecule has 0 amide bonds. The molecule has 2 unspecified atom stereocenters. The van der Waals surface area contributed by atoms with Crippen molar-refractivity contribution in [1.82, 2.24) is 5.32 Å². The number of hydrogen-bond acceptors (Lipinski definition) is 2. The van der Waals surface area contributed by atoms with Crippen LogP contribution in [-0.4, -0.2) is 18.7 Å². The largest absolute Gasteiger partial charge is 0.491 e. The molecule has 19 heavy (non-hydrogen) atoms. The van der Waals surface area contributed by atoms with Gasteiger partial charge in [-0.2, -0.15) is 0 Å². The molecule has 0 saturated carbocycles. The molecule has 0 spiro atoms. The van der Waals surface area contributed by atoms with Crippen LogP contribution in [0, 0.1) is 0 Å². The lowest BCUT2D eigenvalue weighted by molar-refractivity contribution is 0.196. The Morgan fingerprint density at radius 1 is 1.05 bits per heavy atom. The average molecular weight is 257 g/mol. The van der Waals surface area contributed by atoms with Crippen molar-refractivity contribution in [3.05, 3.63) is 42.5 Å². The summed E-state index contributed by atoms with van der Waals surface area (Å²) < 4.78 is 6.00. The maximum Gasteiger partial charge on any atom is 0.120 e. The van der Waals surface area contributed by atoms with E-state index < -0.39 is 0 Å². The first-order valence-electron chi connectivity index (χ1n) is 7.08. The van der Waals surface area contributed by atoms with Crippen molar-refractivity contribution < 1.29 is 4.74 Å². The van der Waals surface area contributed by atoms with E-state index in [1.165, 1.54) is 10.8 Å². The van der Waals surface area contributed by atoms with E-state index in [4.69, 9.17) is 4.74 Å². The van der Waals surface area contributed by atoms with Gasteiger partial charge < -0.3 is 10.1 Å². The zero-order valence-electron chi connectivity index (χ0n) is 12.0. The third kappa shape index (κ3) is 3.97. The zero-order chi connectivity index (χ0) is 13.7. The fourth-order valence-electron chi connectivity index (χ4n) is 2.45. The highest BCUT2D eigenvalue weighted by Gasteiger charge is 2.09. The summed E-state index contributed by atoms with van der Waals surface area (Å²) in [6.07, 6.45) is 1.23. The molecule has 2 aromatic rings. The smallest absolute Gasteiger partial charge is 0.120 e. The third-order valence-corrected chi connectivity index (χ3v) is 3.30. The standard InChI is InChI=1S/C17H23NO/c1-4-18-13(2)11-14(3)19-17-10-9-15-7-5-6-8-16(15)12-17/h5-10,12-14,18H,4,11H2,1-3H3. The molecule has 0 bridgehead atoms. The average Bonchev–Trinajstić information content (AvgIpc) is 2.38. The molecule has 2 aromatic carbocycles. The molecule has 2 atom stereocenters. The summed E-state index contributed by atoms with van der Waals surface area (Å²) in [6.45, 7) is 7.46. The van der Waals surface area contributed by atoms with Gasteiger partial charge in [0.2, 0.25) is 0 Å². The highest BCUT2D eigenvalue weighted by molar-refractivity contribution is 5.83. The summed E-state index contributed by atoms with van der Waals surface area (Å²) in [7, 11) is 0. The summed E-state index contributed by atoms with van der Waals surface area (Å²) in [4.78, 5) is 0. The normalized spacial score (nSPS) is 14.3. The molecule has 2 rings (SSSR count). The summed E-state index contributed by atoms with van der Waals surface area (Å²) in [5.74, 6) is 0.954. The van der Waals surface area contributed by atoms with Gasteiger partial charge in [0.15, 0.2) is 0 Å². The SMILES string of the molecule is CCNC(C)CC(C)Oc1ccc2ccccc2c1. The van der Waals surface area contributed by atoms with Crippen LogP contribution in [0.5, 0.6) is 5.75 Å². The van der Waals surface area contributed by atoms with Crippen molar-refractivity contribution >= 4 is 10.8 Å². The van der Waals surface area contributed by atoms with Crippen LogP contribution >= 0.6 is 0 Å². The van der Waals surface area contributed by atoms with Gasteiger partial charge in [-0.3, -0.25) is 0 Å². The molecular formula is C17H23NO. The molecule has 0 radical (unpaired) electrons. The van der Waals surface area contributed by atoms with E-state index >= 15 is 0 Å². The van der Waals surface area contributed by atoms with Gasteiger partial charge >= 0.3 is 0 Å². The van der Waals surface area contributed by atoms with Gasteiger partial charge in [-0.15, -0.1) is 0 Å². The first-order valence-corrected chi connectivity index (χ1v) is 7.08. The molecule has 0 aliphatic heterocycles. The van der Waals surface area contributed by atoms with E-state index in [1.54, 1.807) is 0 Å².